The van der Waals surface area contributed by atoms with E-state index in [0.717, 1.165) is 16.5 Å². The maximum absolute atomic E-state index is 14.7. The molecule has 1 aliphatic heterocycles. The lowest BCUT2D eigenvalue weighted by molar-refractivity contribution is -0.136. The molecule has 2 heterocycles. The second-order valence-electron chi connectivity index (χ2n) is 18.7. The molecule has 0 aliphatic carbocycles. The molecule has 27 nitrogen and oxygen atoms in total. The molecule has 1 unspecified atom stereocenters. The fourth-order valence-electron chi connectivity index (χ4n) is 8.43. The first-order valence-electron chi connectivity index (χ1n) is 25.3. The van der Waals surface area contributed by atoms with Crippen LogP contribution in [0.3, 0.4) is 0 Å². The number of carbonyl (C=O) groups excluding carboxylic acids is 10. The molecule has 0 bridgehead atoms. The molecule has 1 aromatic heterocycles. The Labute approximate surface area is 444 Å². The van der Waals surface area contributed by atoms with Crippen molar-refractivity contribution in [3.05, 3.63) is 71.4 Å². The number of nitrogens with two attached hydrogens (primary N) is 6. The number of hydrogen-bond acceptors (Lipinski definition) is 12. The minimum absolute atomic E-state index is 0.0223. The first kappa shape index (κ1) is 60.8. The number of nitrogens with zero attached hydrogens (tertiary/aromatic N) is 2. The lowest BCUT2D eigenvalue weighted by Crippen LogP contribution is -2.60. The highest BCUT2D eigenvalue weighted by atomic mass is 16.2. The standard InChI is InChI=1S/C50H73N17O10/c1-27-10-3-4-11-29(27)24-38-48(77)64-36(16-9-23-59-50(55)56)45(74)67-39(25-30-26-60-32-13-6-5-12-31(30)32)47(76)62-33(42(52)71)18-20-41(70)57-21-7-15-35(44(73)65-37(46(75)66-38)17-19-40(51)69)63-43(72)34(61-28(2)68)14-8-22-58-49(53)54/h3-6,10-13,26,33-39,60H,7-9,14-25H2,1-2H3,(H2,51,69)(H2,52,71)(H,57,70)(H,61,68)(H,62,76)(H,63,72)(H,64,77)(H,65,73)(H,66,75)(H,67,74)(H4,53,54,58)(H4,55,56,59)/t33?,34-,35-,36-,37-,38+,39-/m0/s1. The molecule has 418 valence electrons. The Morgan fingerprint density at radius 1 is 0.675 bits per heavy atom. The molecule has 0 saturated carbocycles. The van der Waals surface area contributed by atoms with Crippen LogP contribution in [0.25, 0.3) is 10.9 Å². The number of aromatic nitrogens is 1. The first-order chi connectivity index (χ1) is 36.6. The lowest BCUT2D eigenvalue weighted by Gasteiger charge is -2.28. The SMILES string of the molecule is CC(=O)N[C@@H](CCCN=C(N)N)C(=O)N[C@H]1CCCNC(=O)CCC(C(N)=O)NC(=O)[C@H](Cc2c[nH]c3ccccc23)NC(=O)[C@H](CCCN=C(N)N)NC(=O)[C@@H](Cc2ccccc2C)NC(=O)[C@H](CCC(N)=O)NC1=O. The van der Waals surface area contributed by atoms with Crippen LogP contribution in [0.4, 0.5) is 0 Å². The topological polar surface area (TPSA) is 464 Å². The maximum atomic E-state index is 14.7. The van der Waals surface area contributed by atoms with Crippen LogP contribution in [0, 0.1) is 6.92 Å². The normalized spacial score (nSPS) is 20.8. The number of carbonyl (C=O) groups is 10. The molecule has 1 fully saturated rings. The molecule has 1 saturated heterocycles. The Morgan fingerprint density at radius 3 is 1.88 bits per heavy atom. The van der Waals surface area contributed by atoms with Crippen LogP contribution in [-0.2, 0) is 60.8 Å². The van der Waals surface area contributed by atoms with Crippen LogP contribution in [-0.4, -0.2) is 138 Å². The van der Waals surface area contributed by atoms with Crippen LogP contribution >= 0.6 is 0 Å². The number of rotatable bonds is 19. The van der Waals surface area contributed by atoms with Gasteiger partial charge in [0.2, 0.25) is 59.1 Å². The summed E-state index contributed by atoms with van der Waals surface area (Å²) in [6.45, 7) is 3.03. The molecule has 10 amide bonds. The third-order valence-corrected chi connectivity index (χ3v) is 12.5. The number of amides is 10. The summed E-state index contributed by atoms with van der Waals surface area (Å²) in [7, 11) is 0. The molecule has 27 heteroatoms. The molecule has 1 aliphatic rings. The predicted molar refractivity (Wildman–Crippen MR) is 285 cm³/mol. The zero-order valence-corrected chi connectivity index (χ0v) is 43.3. The van der Waals surface area contributed by atoms with Gasteiger partial charge in [-0.1, -0.05) is 42.5 Å². The summed E-state index contributed by atoms with van der Waals surface area (Å²) in [5.41, 5.74) is 36.0. The summed E-state index contributed by atoms with van der Waals surface area (Å²) in [5.74, 6) is -8.61. The lowest BCUT2D eigenvalue weighted by atomic mass is 9.99. The Hall–Kier alpha value is -8.78. The van der Waals surface area contributed by atoms with Crippen molar-refractivity contribution in [3.8, 4) is 0 Å². The summed E-state index contributed by atoms with van der Waals surface area (Å²) >= 11 is 0. The quantitative estimate of drug-likeness (QED) is 0.0312. The Kier molecular flexibility index (Phi) is 24.1. The van der Waals surface area contributed by atoms with Gasteiger partial charge in [0.25, 0.3) is 0 Å². The molecule has 0 spiro atoms. The van der Waals surface area contributed by atoms with Crippen LogP contribution in [0.15, 0.2) is 64.7 Å². The number of aromatic amines is 1. The minimum atomic E-state index is -1.56. The van der Waals surface area contributed by atoms with Crippen molar-refractivity contribution in [2.45, 2.75) is 133 Å². The predicted octanol–water partition coefficient (Wildman–Crippen LogP) is -3.78. The summed E-state index contributed by atoms with van der Waals surface area (Å²) in [5, 5.41) is 21.9. The number of aliphatic imine (C=N–C) groups is 2. The van der Waals surface area contributed by atoms with Gasteiger partial charge in [-0.3, -0.25) is 57.9 Å². The zero-order chi connectivity index (χ0) is 56.6. The van der Waals surface area contributed by atoms with Crippen LogP contribution in [0.1, 0.15) is 87.8 Å². The number of benzene rings is 2. The van der Waals surface area contributed by atoms with Gasteiger partial charge in [0, 0.05) is 69.3 Å². The van der Waals surface area contributed by atoms with Gasteiger partial charge in [-0.05, 0) is 81.0 Å². The highest BCUT2D eigenvalue weighted by Crippen LogP contribution is 2.20. The molecule has 4 rings (SSSR count). The van der Waals surface area contributed by atoms with Gasteiger partial charge >= 0.3 is 0 Å². The summed E-state index contributed by atoms with van der Waals surface area (Å²) in [6.07, 6.45) is 0.170. The average Bonchev–Trinajstić information content (AvgIpc) is 3.78. The molecule has 3 aromatic rings. The van der Waals surface area contributed by atoms with E-state index in [1.54, 1.807) is 43.5 Å². The summed E-state index contributed by atoms with van der Waals surface area (Å²) in [4.78, 5) is 148. The van der Waals surface area contributed by atoms with E-state index in [-0.39, 0.29) is 102 Å². The summed E-state index contributed by atoms with van der Waals surface area (Å²) in [6, 6.07) is 4.35. The number of primary amides is 2. The van der Waals surface area contributed by atoms with Gasteiger partial charge in [0.1, 0.15) is 42.3 Å². The number of fused-ring (bicyclic) bond motifs is 1. The molecular weight excluding hydrogens is 999 g/mol. The van der Waals surface area contributed by atoms with Gasteiger partial charge in [-0.2, -0.15) is 0 Å². The van der Waals surface area contributed by atoms with Crippen LogP contribution in [0.5, 0.6) is 0 Å². The van der Waals surface area contributed by atoms with Gasteiger partial charge in [-0.25, -0.2) is 0 Å². The molecule has 7 atom stereocenters. The number of nitrogens with one attached hydrogen (secondary N) is 9. The van der Waals surface area contributed by atoms with Crippen molar-refractivity contribution in [3.63, 3.8) is 0 Å². The zero-order valence-electron chi connectivity index (χ0n) is 43.3. The van der Waals surface area contributed by atoms with E-state index >= 15 is 0 Å². The highest BCUT2D eigenvalue weighted by molar-refractivity contribution is 5.98. The Bertz CT molecular complexity index is 2650. The third-order valence-electron chi connectivity index (χ3n) is 12.5. The van der Waals surface area contributed by atoms with Gasteiger partial charge in [0.15, 0.2) is 11.9 Å². The fourth-order valence-corrected chi connectivity index (χ4v) is 8.43. The van der Waals surface area contributed by atoms with Crippen molar-refractivity contribution in [1.29, 1.82) is 0 Å². The first-order valence-corrected chi connectivity index (χ1v) is 25.3. The molecule has 2 aromatic carbocycles. The van der Waals surface area contributed by atoms with E-state index < -0.39 is 108 Å². The van der Waals surface area contributed by atoms with E-state index in [2.05, 4.69) is 57.5 Å². The monoisotopic (exact) mass is 1070 g/mol. The van der Waals surface area contributed by atoms with Crippen molar-refractivity contribution in [2.24, 2.45) is 44.4 Å². The van der Waals surface area contributed by atoms with Crippen molar-refractivity contribution >= 4 is 81.9 Å². The Balaban J connectivity index is 1.80. The van der Waals surface area contributed by atoms with E-state index in [4.69, 9.17) is 34.4 Å². The fraction of sp³-hybridized carbons (Fsp3) is 0.480. The van der Waals surface area contributed by atoms with E-state index in [0.29, 0.717) is 11.1 Å². The second-order valence-corrected chi connectivity index (χ2v) is 18.7. The highest BCUT2D eigenvalue weighted by Gasteiger charge is 2.35. The van der Waals surface area contributed by atoms with Gasteiger partial charge < -0.3 is 81.9 Å². The number of hydrogen-bond donors (Lipinski definition) is 15. The molecule has 0 radical (unpaired) electrons. The minimum Gasteiger partial charge on any atom is -0.370 e. The van der Waals surface area contributed by atoms with Crippen molar-refractivity contribution in [2.75, 3.05) is 19.6 Å². The van der Waals surface area contributed by atoms with Crippen LogP contribution in [0.2, 0.25) is 0 Å². The molecule has 77 heavy (non-hydrogen) atoms. The molecular formula is C50H73N17O10. The van der Waals surface area contributed by atoms with E-state index in [9.17, 15) is 47.9 Å². The van der Waals surface area contributed by atoms with Gasteiger partial charge in [0.05, 0.1) is 0 Å². The third kappa shape index (κ3) is 20.8. The smallest absolute Gasteiger partial charge is 0.243 e. The number of aryl methyl sites for hydroxylation is 1. The molecule has 21 N–H and O–H groups in total. The number of H-pyrrole nitrogens is 1. The largest absolute Gasteiger partial charge is 0.370 e. The number of guanidine groups is 2. The van der Waals surface area contributed by atoms with Gasteiger partial charge in [-0.15, -0.1) is 0 Å². The van der Waals surface area contributed by atoms with E-state index in [1.807, 2.05) is 18.2 Å². The van der Waals surface area contributed by atoms with E-state index in [1.165, 1.54) is 6.92 Å². The number of para-hydroxylation sites is 1. The maximum Gasteiger partial charge on any atom is 0.243 e. The van der Waals surface area contributed by atoms with Crippen LogP contribution < -0.4 is 76.9 Å². The van der Waals surface area contributed by atoms with Crippen molar-refractivity contribution in [1.82, 2.24) is 47.5 Å². The Morgan fingerprint density at radius 2 is 1.25 bits per heavy atom. The van der Waals surface area contributed by atoms with Crippen molar-refractivity contribution < 1.29 is 47.9 Å². The second kappa shape index (κ2) is 30.6. The average molecular weight is 1070 g/mol. The summed E-state index contributed by atoms with van der Waals surface area (Å²) < 4.78 is 0.